The van der Waals surface area contributed by atoms with E-state index in [1.165, 1.54) is 29.5 Å². The summed E-state index contributed by atoms with van der Waals surface area (Å²) in [6.45, 7) is 6.39. The minimum Gasteiger partial charge on any atom is -0.372 e. The smallest absolute Gasteiger partial charge is 0.372 e. The lowest BCUT2D eigenvalue weighted by atomic mass is 9.89. The topological polar surface area (TPSA) is 53.9 Å². The number of hydrogen-bond acceptors (Lipinski definition) is 5. The molecule has 0 spiro atoms. The van der Waals surface area contributed by atoms with E-state index in [4.69, 9.17) is 28.0 Å². The summed E-state index contributed by atoms with van der Waals surface area (Å²) in [5.41, 5.74) is -2.33. The lowest BCUT2D eigenvalue weighted by Gasteiger charge is -2.30. The summed E-state index contributed by atoms with van der Waals surface area (Å²) in [5.74, 6) is 0.0152. The van der Waals surface area contributed by atoms with Crippen LogP contribution >= 0.6 is 34.5 Å². The third-order valence-corrected chi connectivity index (χ3v) is 6.77. The van der Waals surface area contributed by atoms with E-state index in [9.17, 15) is 18.0 Å². The van der Waals surface area contributed by atoms with Crippen molar-refractivity contribution in [2.75, 3.05) is 0 Å². The predicted octanol–water partition coefficient (Wildman–Crippen LogP) is 6.09. The van der Waals surface area contributed by atoms with Crippen molar-refractivity contribution >= 4 is 46.3 Å². The number of carbonyl (C=O) groups excluding carboxylic acids is 1. The molecule has 0 aliphatic carbocycles. The van der Waals surface area contributed by atoms with E-state index >= 15 is 0 Å². The number of fused-ring (bicyclic) bond motifs is 1. The molecule has 0 saturated heterocycles. The zero-order chi connectivity index (χ0) is 23.5. The number of oxime groups is 1. The Morgan fingerprint density at radius 1 is 1.16 bits per heavy atom. The Balaban J connectivity index is 1.53. The fraction of sp³-hybridized carbons (Fsp3) is 0.429. The zero-order valence-electron chi connectivity index (χ0n) is 17.4. The van der Waals surface area contributed by atoms with Crippen LogP contribution in [0.2, 0.25) is 10.0 Å². The standard InChI is InChI=1S/C21H20Cl2F3N3O2S/c1-19(2,3)27-18(30)15-4-11-9-29(10-16(11)32-15)17-8-20(31-28-17,21(24,25)26)12-5-13(22)7-14(23)6-12/h4-7H,8-10H2,1-3H3,(H,27,30). The van der Waals surface area contributed by atoms with Gasteiger partial charge in [-0.2, -0.15) is 13.2 Å². The molecule has 1 atom stereocenters. The van der Waals surface area contributed by atoms with Gasteiger partial charge in [0.05, 0.1) is 17.8 Å². The molecule has 11 heteroatoms. The summed E-state index contributed by atoms with van der Waals surface area (Å²) in [7, 11) is 0. The molecule has 1 aromatic heterocycles. The summed E-state index contributed by atoms with van der Waals surface area (Å²) in [4.78, 5) is 20.7. The number of nitrogens with zero attached hydrogens (tertiary/aromatic N) is 2. The van der Waals surface area contributed by atoms with E-state index in [0.29, 0.717) is 18.0 Å². The number of nitrogens with one attached hydrogen (secondary N) is 1. The molecule has 1 unspecified atom stereocenters. The van der Waals surface area contributed by atoms with Gasteiger partial charge in [-0.15, -0.1) is 11.3 Å². The number of hydrogen-bond donors (Lipinski definition) is 1. The molecule has 4 rings (SSSR count). The Labute approximate surface area is 197 Å². The largest absolute Gasteiger partial charge is 0.435 e. The zero-order valence-corrected chi connectivity index (χ0v) is 19.8. The van der Waals surface area contributed by atoms with E-state index in [-0.39, 0.29) is 32.9 Å². The van der Waals surface area contributed by atoms with Crippen molar-refractivity contribution in [3.63, 3.8) is 0 Å². The second kappa shape index (κ2) is 7.81. The molecule has 32 heavy (non-hydrogen) atoms. The van der Waals surface area contributed by atoms with Crippen LogP contribution in [0.1, 0.15) is 52.9 Å². The van der Waals surface area contributed by atoms with Crippen LogP contribution in [0.5, 0.6) is 0 Å². The maximum atomic E-state index is 14.2. The molecule has 2 aromatic rings. The Kier molecular flexibility index (Phi) is 5.66. The Hall–Kier alpha value is -1.97. The summed E-state index contributed by atoms with van der Waals surface area (Å²) in [6.07, 6.45) is -5.24. The summed E-state index contributed by atoms with van der Waals surface area (Å²) in [6, 6.07) is 5.53. The van der Waals surface area contributed by atoms with E-state index in [1.54, 1.807) is 11.0 Å². The Morgan fingerprint density at radius 3 is 2.38 bits per heavy atom. The van der Waals surface area contributed by atoms with Crippen LogP contribution in [-0.2, 0) is 23.5 Å². The molecule has 1 N–H and O–H groups in total. The highest BCUT2D eigenvalue weighted by Gasteiger charge is 2.63. The molecule has 0 radical (unpaired) electrons. The summed E-state index contributed by atoms with van der Waals surface area (Å²) in [5, 5.41) is 6.88. The van der Waals surface area contributed by atoms with Crippen LogP contribution in [0.4, 0.5) is 13.2 Å². The maximum Gasteiger partial charge on any atom is 0.435 e. The average molecular weight is 506 g/mol. The van der Waals surface area contributed by atoms with Crippen LogP contribution in [0, 0.1) is 0 Å². The van der Waals surface area contributed by atoms with Gasteiger partial charge in [0.25, 0.3) is 11.5 Å². The quantitative estimate of drug-likeness (QED) is 0.537. The second-order valence-electron chi connectivity index (χ2n) is 8.88. The first-order valence-corrected chi connectivity index (χ1v) is 11.3. The lowest BCUT2D eigenvalue weighted by Crippen LogP contribution is -2.43. The SMILES string of the molecule is CC(C)(C)NC(=O)c1cc2c(s1)CN(C1=NOC(c3cc(Cl)cc(Cl)c3)(C(F)(F)F)C1)C2. The van der Waals surface area contributed by atoms with Gasteiger partial charge in [-0.25, -0.2) is 0 Å². The number of benzene rings is 1. The summed E-state index contributed by atoms with van der Waals surface area (Å²) >= 11 is 13.2. The highest BCUT2D eigenvalue weighted by molar-refractivity contribution is 7.14. The molecule has 2 aliphatic rings. The number of carbonyl (C=O) groups is 1. The van der Waals surface area contributed by atoms with Gasteiger partial charge in [0, 0.05) is 32.6 Å². The molecule has 1 amide bonds. The van der Waals surface area contributed by atoms with Crippen molar-refractivity contribution < 1.29 is 22.8 Å². The first-order chi connectivity index (χ1) is 14.8. The fourth-order valence-electron chi connectivity index (χ4n) is 3.71. The van der Waals surface area contributed by atoms with Crippen molar-refractivity contribution in [1.82, 2.24) is 10.2 Å². The highest BCUT2D eigenvalue weighted by Crippen LogP contribution is 2.50. The highest BCUT2D eigenvalue weighted by atomic mass is 35.5. The third-order valence-electron chi connectivity index (χ3n) is 5.17. The van der Waals surface area contributed by atoms with E-state index in [2.05, 4.69) is 10.5 Å². The van der Waals surface area contributed by atoms with Crippen LogP contribution < -0.4 is 5.32 Å². The van der Waals surface area contributed by atoms with Gasteiger partial charge in [-0.05, 0) is 50.6 Å². The number of halogens is 5. The number of thiophene rings is 1. The van der Waals surface area contributed by atoms with Gasteiger partial charge in [0.15, 0.2) is 0 Å². The molecular weight excluding hydrogens is 486 g/mol. The summed E-state index contributed by atoms with van der Waals surface area (Å²) < 4.78 is 42.5. The minimum atomic E-state index is -4.74. The number of rotatable bonds is 2. The number of amides is 1. The predicted molar refractivity (Wildman–Crippen MR) is 118 cm³/mol. The molecule has 0 bridgehead atoms. The molecule has 5 nitrogen and oxygen atoms in total. The molecule has 2 aliphatic heterocycles. The third kappa shape index (κ3) is 4.30. The van der Waals surface area contributed by atoms with Crippen molar-refractivity contribution in [2.24, 2.45) is 5.16 Å². The first kappa shape index (κ1) is 23.2. The minimum absolute atomic E-state index is 0.0811. The van der Waals surface area contributed by atoms with Crippen molar-refractivity contribution in [2.45, 2.75) is 57.6 Å². The van der Waals surface area contributed by atoms with E-state index in [1.807, 2.05) is 20.8 Å². The fourth-order valence-corrected chi connectivity index (χ4v) is 5.32. The van der Waals surface area contributed by atoms with Gasteiger partial charge in [-0.3, -0.25) is 4.79 Å². The van der Waals surface area contributed by atoms with Crippen LogP contribution in [0.3, 0.4) is 0 Å². The maximum absolute atomic E-state index is 14.2. The van der Waals surface area contributed by atoms with Crippen molar-refractivity contribution in [3.8, 4) is 0 Å². The normalized spacial score (nSPS) is 20.8. The van der Waals surface area contributed by atoms with Gasteiger partial charge in [-0.1, -0.05) is 28.4 Å². The molecule has 172 valence electrons. The van der Waals surface area contributed by atoms with Crippen LogP contribution in [-0.4, -0.2) is 28.4 Å². The van der Waals surface area contributed by atoms with E-state index in [0.717, 1.165) is 10.4 Å². The van der Waals surface area contributed by atoms with Gasteiger partial charge >= 0.3 is 6.18 Å². The van der Waals surface area contributed by atoms with Gasteiger partial charge in [0.2, 0.25) is 0 Å². The van der Waals surface area contributed by atoms with Crippen molar-refractivity contribution in [1.29, 1.82) is 0 Å². The lowest BCUT2D eigenvalue weighted by molar-refractivity contribution is -0.275. The molecule has 1 aromatic carbocycles. The number of amidine groups is 1. The van der Waals surface area contributed by atoms with Crippen molar-refractivity contribution in [3.05, 3.63) is 55.2 Å². The van der Waals surface area contributed by atoms with Gasteiger partial charge in [0.1, 0.15) is 5.84 Å². The molecule has 0 saturated carbocycles. The Bertz CT molecular complexity index is 1070. The monoisotopic (exact) mass is 505 g/mol. The Morgan fingerprint density at radius 2 is 1.81 bits per heavy atom. The molecule has 3 heterocycles. The van der Waals surface area contributed by atoms with Gasteiger partial charge < -0.3 is 15.1 Å². The molecule has 0 fully saturated rings. The molecular formula is C21H20Cl2F3N3O2S. The first-order valence-electron chi connectivity index (χ1n) is 9.75. The average Bonchev–Trinajstić information content (AvgIpc) is 3.31. The number of alkyl halides is 3. The second-order valence-corrected chi connectivity index (χ2v) is 10.9. The van der Waals surface area contributed by atoms with Crippen LogP contribution in [0.15, 0.2) is 29.4 Å². The van der Waals surface area contributed by atoms with Crippen LogP contribution in [0.25, 0.3) is 0 Å². The van der Waals surface area contributed by atoms with E-state index < -0.39 is 18.2 Å².